The fourth-order valence-electron chi connectivity index (χ4n) is 3.18. The van der Waals surface area contributed by atoms with E-state index in [0.717, 1.165) is 38.9 Å². The third-order valence-electron chi connectivity index (χ3n) is 4.48. The van der Waals surface area contributed by atoms with Gasteiger partial charge in [-0.25, -0.2) is 4.79 Å². The quantitative estimate of drug-likeness (QED) is 0.727. The van der Waals surface area contributed by atoms with Gasteiger partial charge in [0.25, 0.3) is 0 Å². The average molecular weight is 284 g/mol. The van der Waals surface area contributed by atoms with E-state index in [1.165, 1.54) is 0 Å². The molecule has 2 rings (SSSR count). The Bertz CT molecular complexity index is 355. The average Bonchev–Trinajstić information content (AvgIpc) is 2.87. The molecule has 0 aromatic rings. The molecule has 2 fully saturated rings. The number of ether oxygens (including phenoxy) is 1. The number of nitrogens with one attached hydrogen (secondary N) is 2. The minimum absolute atomic E-state index is 0.0866. The van der Waals surface area contributed by atoms with E-state index >= 15 is 0 Å². The highest BCUT2D eigenvalue weighted by atomic mass is 16.5. The zero-order valence-corrected chi connectivity index (χ0v) is 11.9. The normalized spacial score (nSPS) is 28.9. The summed E-state index contributed by atoms with van der Waals surface area (Å²) >= 11 is 0. The van der Waals surface area contributed by atoms with Crippen LogP contribution in [0, 0.1) is 11.8 Å². The first-order valence-electron chi connectivity index (χ1n) is 7.45. The van der Waals surface area contributed by atoms with Gasteiger partial charge in [0.1, 0.15) is 0 Å². The third-order valence-corrected chi connectivity index (χ3v) is 4.48. The molecule has 2 aliphatic rings. The molecular weight excluding hydrogens is 260 g/mol. The molecule has 20 heavy (non-hydrogen) atoms. The SMILES string of the molecule is CC(NC(=O)NC1CCCC1C(=O)O)C1CCOCC1. The van der Waals surface area contributed by atoms with Gasteiger partial charge >= 0.3 is 12.0 Å². The lowest BCUT2D eigenvalue weighted by atomic mass is 9.93. The molecule has 3 atom stereocenters. The van der Waals surface area contributed by atoms with Crippen LogP contribution < -0.4 is 10.6 Å². The summed E-state index contributed by atoms with van der Waals surface area (Å²) in [6.07, 6.45) is 4.18. The summed E-state index contributed by atoms with van der Waals surface area (Å²) in [7, 11) is 0. The number of aliphatic carboxylic acids is 1. The van der Waals surface area contributed by atoms with E-state index in [4.69, 9.17) is 9.84 Å². The van der Waals surface area contributed by atoms with E-state index in [-0.39, 0.29) is 18.1 Å². The summed E-state index contributed by atoms with van der Waals surface area (Å²) in [4.78, 5) is 23.1. The Morgan fingerprint density at radius 1 is 1.20 bits per heavy atom. The Balaban J connectivity index is 1.78. The van der Waals surface area contributed by atoms with Crippen LogP contribution in [0.5, 0.6) is 0 Å². The molecule has 1 aliphatic heterocycles. The van der Waals surface area contributed by atoms with Gasteiger partial charge in [-0.05, 0) is 38.5 Å². The second-order valence-corrected chi connectivity index (χ2v) is 5.84. The molecule has 1 saturated carbocycles. The van der Waals surface area contributed by atoms with Crippen LogP contribution in [-0.2, 0) is 9.53 Å². The molecule has 0 spiro atoms. The first kappa shape index (κ1) is 15.1. The van der Waals surface area contributed by atoms with Crippen molar-refractivity contribution in [3.63, 3.8) is 0 Å². The largest absolute Gasteiger partial charge is 0.481 e. The minimum Gasteiger partial charge on any atom is -0.481 e. The van der Waals surface area contributed by atoms with Crippen molar-refractivity contribution in [1.82, 2.24) is 10.6 Å². The van der Waals surface area contributed by atoms with Crippen LogP contribution >= 0.6 is 0 Å². The molecule has 114 valence electrons. The van der Waals surface area contributed by atoms with Crippen molar-refractivity contribution in [3.05, 3.63) is 0 Å². The number of carbonyl (C=O) groups excluding carboxylic acids is 1. The smallest absolute Gasteiger partial charge is 0.315 e. The molecule has 0 aromatic carbocycles. The predicted molar refractivity (Wildman–Crippen MR) is 73.4 cm³/mol. The number of carboxylic acids is 1. The maximum absolute atomic E-state index is 12.0. The molecule has 0 radical (unpaired) electrons. The fourth-order valence-corrected chi connectivity index (χ4v) is 3.18. The Morgan fingerprint density at radius 3 is 2.55 bits per heavy atom. The van der Waals surface area contributed by atoms with E-state index in [9.17, 15) is 9.59 Å². The topological polar surface area (TPSA) is 87.7 Å². The minimum atomic E-state index is -0.815. The Morgan fingerprint density at radius 2 is 1.90 bits per heavy atom. The molecule has 1 aliphatic carbocycles. The summed E-state index contributed by atoms with van der Waals surface area (Å²) < 4.78 is 5.31. The Kier molecular flexibility index (Phi) is 5.23. The highest BCUT2D eigenvalue weighted by Gasteiger charge is 2.34. The number of carbonyl (C=O) groups is 2. The number of hydrogen-bond donors (Lipinski definition) is 3. The van der Waals surface area contributed by atoms with Gasteiger partial charge in [-0.1, -0.05) is 6.42 Å². The van der Waals surface area contributed by atoms with Crippen molar-refractivity contribution in [2.45, 2.75) is 51.1 Å². The molecule has 3 N–H and O–H groups in total. The highest BCUT2D eigenvalue weighted by Crippen LogP contribution is 2.26. The molecule has 6 nitrogen and oxygen atoms in total. The number of hydrogen-bond acceptors (Lipinski definition) is 3. The first-order valence-corrected chi connectivity index (χ1v) is 7.45. The van der Waals surface area contributed by atoms with Gasteiger partial charge in [0, 0.05) is 25.3 Å². The Hall–Kier alpha value is -1.30. The van der Waals surface area contributed by atoms with Crippen molar-refractivity contribution < 1.29 is 19.4 Å². The fraction of sp³-hybridized carbons (Fsp3) is 0.857. The van der Waals surface area contributed by atoms with Crippen LogP contribution in [-0.4, -0.2) is 42.4 Å². The van der Waals surface area contributed by atoms with Crippen LogP contribution in [0.15, 0.2) is 0 Å². The van der Waals surface area contributed by atoms with Crippen LogP contribution in [0.3, 0.4) is 0 Å². The van der Waals surface area contributed by atoms with Crippen molar-refractivity contribution in [2.75, 3.05) is 13.2 Å². The number of rotatable bonds is 4. The van der Waals surface area contributed by atoms with E-state index in [1.807, 2.05) is 6.92 Å². The summed E-state index contributed by atoms with van der Waals surface area (Å²) in [6.45, 7) is 3.50. The predicted octanol–water partition coefficient (Wildman–Crippen LogP) is 1.35. The summed E-state index contributed by atoms with van der Waals surface area (Å²) in [5, 5.41) is 14.9. The lowest BCUT2D eigenvalue weighted by Gasteiger charge is -2.29. The molecule has 1 saturated heterocycles. The summed E-state index contributed by atoms with van der Waals surface area (Å²) in [6, 6.07) is -0.403. The van der Waals surface area contributed by atoms with Crippen LogP contribution in [0.2, 0.25) is 0 Å². The van der Waals surface area contributed by atoms with Gasteiger partial charge in [0.15, 0.2) is 0 Å². The summed E-state index contributed by atoms with van der Waals surface area (Å²) in [5.74, 6) is -0.822. The zero-order valence-electron chi connectivity index (χ0n) is 11.9. The van der Waals surface area contributed by atoms with Gasteiger partial charge in [-0.15, -0.1) is 0 Å². The third kappa shape index (κ3) is 3.85. The van der Waals surface area contributed by atoms with Crippen molar-refractivity contribution in [3.8, 4) is 0 Å². The van der Waals surface area contributed by atoms with E-state index in [2.05, 4.69) is 10.6 Å². The van der Waals surface area contributed by atoms with Gasteiger partial charge in [-0.2, -0.15) is 0 Å². The molecule has 6 heteroatoms. The van der Waals surface area contributed by atoms with Gasteiger partial charge < -0.3 is 20.5 Å². The standard InChI is InChI=1S/C14H24N2O4/c1-9(10-5-7-20-8-6-10)15-14(19)16-12-4-2-3-11(12)13(17)18/h9-12H,2-8H2,1H3,(H,17,18)(H2,15,16,19). The first-order chi connectivity index (χ1) is 9.58. The van der Waals surface area contributed by atoms with Crippen LogP contribution in [0.25, 0.3) is 0 Å². The van der Waals surface area contributed by atoms with E-state index < -0.39 is 11.9 Å². The second kappa shape index (κ2) is 6.92. The van der Waals surface area contributed by atoms with Gasteiger partial charge in [0.05, 0.1) is 5.92 Å². The van der Waals surface area contributed by atoms with Crippen LogP contribution in [0.4, 0.5) is 4.79 Å². The van der Waals surface area contributed by atoms with Crippen molar-refractivity contribution in [2.24, 2.45) is 11.8 Å². The molecule has 0 bridgehead atoms. The summed E-state index contributed by atoms with van der Waals surface area (Å²) in [5.41, 5.74) is 0. The molecule has 0 aromatic heterocycles. The second-order valence-electron chi connectivity index (χ2n) is 5.84. The number of amides is 2. The number of carboxylic acid groups (broad SMARTS) is 1. The monoisotopic (exact) mass is 284 g/mol. The Labute approximate surface area is 119 Å². The molecular formula is C14H24N2O4. The molecule has 1 heterocycles. The maximum Gasteiger partial charge on any atom is 0.315 e. The van der Waals surface area contributed by atoms with Gasteiger partial charge in [-0.3, -0.25) is 4.79 Å². The highest BCUT2D eigenvalue weighted by molar-refractivity contribution is 5.77. The van der Waals surface area contributed by atoms with E-state index in [0.29, 0.717) is 12.3 Å². The van der Waals surface area contributed by atoms with Crippen molar-refractivity contribution in [1.29, 1.82) is 0 Å². The molecule has 3 unspecified atom stereocenters. The van der Waals surface area contributed by atoms with Crippen molar-refractivity contribution >= 4 is 12.0 Å². The zero-order chi connectivity index (χ0) is 14.5. The maximum atomic E-state index is 12.0. The van der Waals surface area contributed by atoms with E-state index in [1.54, 1.807) is 0 Å². The lowest BCUT2D eigenvalue weighted by molar-refractivity contribution is -0.142. The molecule has 2 amide bonds. The lowest BCUT2D eigenvalue weighted by Crippen LogP contribution is -2.50. The van der Waals surface area contributed by atoms with Gasteiger partial charge in [0.2, 0.25) is 0 Å². The van der Waals surface area contributed by atoms with Crippen LogP contribution in [0.1, 0.15) is 39.0 Å². The number of urea groups is 1.